The van der Waals surface area contributed by atoms with Gasteiger partial charge in [0.15, 0.2) is 5.52 Å². The Morgan fingerprint density at radius 2 is 1.66 bits per heavy atom. The van der Waals surface area contributed by atoms with Crippen LogP contribution in [0.2, 0.25) is 0 Å². The number of nitrogens with zero attached hydrogens (tertiary/aromatic N) is 3. The van der Waals surface area contributed by atoms with E-state index in [2.05, 4.69) is 10.3 Å². The van der Waals surface area contributed by atoms with Crippen LogP contribution < -0.4 is 16.6 Å². The molecule has 0 unspecified atom stereocenters. The highest BCUT2D eigenvalue weighted by Crippen LogP contribution is 2.14. The van der Waals surface area contributed by atoms with Gasteiger partial charge in [0.05, 0.1) is 5.52 Å². The molecule has 32 heavy (non-hydrogen) atoms. The first-order chi connectivity index (χ1) is 15.4. The first-order valence-corrected chi connectivity index (χ1v) is 10.4. The van der Waals surface area contributed by atoms with Crippen molar-refractivity contribution < 1.29 is 4.79 Å². The molecule has 0 saturated carbocycles. The third-order valence-corrected chi connectivity index (χ3v) is 5.26. The van der Waals surface area contributed by atoms with E-state index in [0.717, 1.165) is 21.3 Å². The number of benzene rings is 2. The number of nitrogens with one attached hydrogen (secondary N) is 1. The van der Waals surface area contributed by atoms with Gasteiger partial charge in [0.25, 0.3) is 5.56 Å². The number of anilines is 1. The fraction of sp³-hybridized carbons (Fsp3) is 0.200. The van der Waals surface area contributed by atoms with E-state index in [1.165, 1.54) is 10.8 Å². The van der Waals surface area contributed by atoms with Crippen LogP contribution in [0.4, 0.5) is 5.69 Å². The van der Waals surface area contributed by atoms with Gasteiger partial charge in [0, 0.05) is 18.4 Å². The highest BCUT2D eigenvalue weighted by atomic mass is 16.2. The molecule has 2 aromatic heterocycles. The molecule has 4 aromatic rings. The van der Waals surface area contributed by atoms with Crippen molar-refractivity contribution >= 4 is 22.6 Å². The monoisotopic (exact) mass is 428 g/mol. The number of amides is 1. The largest absolute Gasteiger partial charge is 0.332 e. The topological polar surface area (TPSA) is 86.0 Å². The number of rotatable bonds is 6. The normalized spacial score (nSPS) is 10.9. The molecule has 2 aromatic carbocycles. The lowest BCUT2D eigenvalue weighted by Gasteiger charge is -2.14. The molecular weight excluding hydrogens is 404 g/mol. The van der Waals surface area contributed by atoms with E-state index in [-0.39, 0.29) is 24.5 Å². The lowest BCUT2D eigenvalue weighted by molar-refractivity contribution is -0.116. The lowest BCUT2D eigenvalue weighted by atomic mass is 10.1. The minimum atomic E-state index is -0.526. The molecule has 162 valence electrons. The molecule has 7 nitrogen and oxygen atoms in total. The number of hydrogen-bond acceptors (Lipinski definition) is 4. The Balaban J connectivity index is 1.69. The molecule has 0 aliphatic carbocycles. The van der Waals surface area contributed by atoms with E-state index in [1.54, 1.807) is 12.1 Å². The molecular formula is C25H24N4O3. The lowest BCUT2D eigenvalue weighted by Crippen LogP contribution is -2.42. The van der Waals surface area contributed by atoms with Crippen molar-refractivity contribution in [2.24, 2.45) is 0 Å². The quantitative estimate of drug-likeness (QED) is 0.511. The Morgan fingerprint density at radius 1 is 0.938 bits per heavy atom. The maximum atomic E-state index is 13.2. The van der Waals surface area contributed by atoms with Crippen LogP contribution in [0.25, 0.3) is 11.0 Å². The minimum absolute atomic E-state index is 0.166. The molecule has 2 heterocycles. The first kappa shape index (κ1) is 21.2. The fourth-order valence-electron chi connectivity index (χ4n) is 3.87. The van der Waals surface area contributed by atoms with Gasteiger partial charge in [-0.1, -0.05) is 36.4 Å². The zero-order valence-electron chi connectivity index (χ0n) is 18.0. The van der Waals surface area contributed by atoms with Gasteiger partial charge < -0.3 is 5.32 Å². The van der Waals surface area contributed by atoms with Crippen molar-refractivity contribution in [2.45, 2.75) is 33.4 Å². The van der Waals surface area contributed by atoms with E-state index in [9.17, 15) is 14.4 Å². The van der Waals surface area contributed by atoms with Gasteiger partial charge in [0.1, 0.15) is 6.54 Å². The molecule has 0 bridgehead atoms. The summed E-state index contributed by atoms with van der Waals surface area (Å²) in [5.74, 6) is -0.351. The molecule has 1 N–H and O–H groups in total. The van der Waals surface area contributed by atoms with Crippen LogP contribution in [0.5, 0.6) is 0 Å². The van der Waals surface area contributed by atoms with E-state index in [1.807, 2.05) is 62.4 Å². The summed E-state index contributed by atoms with van der Waals surface area (Å²) < 4.78 is 2.47. The fourth-order valence-corrected chi connectivity index (χ4v) is 3.87. The second-order valence-electron chi connectivity index (χ2n) is 7.86. The van der Waals surface area contributed by atoms with Gasteiger partial charge in [-0.3, -0.25) is 18.7 Å². The maximum absolute atomic E-state index is 13.2. The molecule has 0 aliphatic heterocycles. The maximum Gasteiger partial charge on any atom is 0.332 e. The second-order valence-corrected chi connectivity index (χ2v) is 7.86. The summed E-state index contributed by atoms with van der Waals surface area (Å²) in [5.41, 5.74) is 3.27. The van der Waals surface area contributed by atoms with Gasteiger partial charge in [-0.2, -0.15) is 0 Å². The molecule has 0 aliphatic rings. The van der Waals surface area contributed by atoms with Crippen molar-refractivity contribution in [1.82, 2.24) is 14.1 Å². The minimum Gasteiger partial charge on any atom is -0.325 e. The number of carbonyl (C=O) groups excluding carboxylic acids is 1. The van der Waals surface area contributed by atoms with Crippen LogP contribution >= 0.6 is 0 Å². The number of aryl methyl sites for hydroxylation is 3. The van der Waals surface area contributed by atoms with Crippen LogP contribution in [0.15, 0.2) is 76.4 Å². The number of fused-ring (bicyclic) bond motifs is 1. The van der Waals surface area contributed by atoms with Gasteiger partial charge in [0.2, 0.25) is 5.91 Å². The Kier molecular flexibility index (Phi) is 5.98. The number of hydrogen-bond donors (Lipinski definition) is 1. The van der Waals surface area contributed by atoms with Crippen molar-refractivity contribution in [2.75, 3.05) is 5.32 Å². The SMILES string of the molecule is Cc1cc(C)cc(NC(=O)Cn2c(=O)n(CCc3ccccc3)c(=O)c3ncccc32)c1. The van der Waals surface area contributed by atoms with Gasteiger partial charge >= 0.3 is 5.69 Å². The van der Waals surface area contributed by atoms with Crippen molar-refractivity contribution in [3.63, 3.8) is 0 Å². The third-order valence-electron chi connectivity index (χ3n) is 5.26. The van der Waals surface area contributed by atoms with Crippen LogP contribution in [0.1, 0.15) is 16.7 Å². The Bertz CT molecular complexity index is 1380. The van der Waals surface area contributed by atoms with E-state index >= 15 is 0 Å². The summed E-state index contributed by atoms with van der Waals surface area (Å²) >= 11 is 0. The number of carbonyl (C=O) groups is 1. The molecule has 0 spiro atoms. The zero-order valence-corrected chi connectivity index (χ0v) is 18.0. The molecule has 0 saturated heterocycles. The van der Waals surface area contributed by atoms with Gasteiger partial charge in [-0.05, 0) is 61.2 Å². The summed E-state index contributed by atoms with van der Waals surface area (Å²) in [6, 6.07) is 18.7. The molecule has 0 atom stereocenters. The van der Waals surface area contributed by atoms with Crippen LogP contribution in [0.3, 0.4) is 0 Å². The predicted molar refractivity (Wildman–Crippen MR) is 125 cm³/mol. The summed E-state index contributed by atoms with van der Waals surface area (Å²) in [6.45, 7) is 3.89. The number of aromatic nitrogens is 3. The molecule has 0 radical (unpaired) electrons. The average molecular weight is 428 g/mol. The summed E-state index contributed by atoms with van der Waals surface area (Å²) in [5, 5.41) is 2.85. The zero-order chi connectivity index (χ0) is 22.7. The second kappa shape index (κ2) is 9.01. The highest BCUT2D eigenvalue weighted by molar-refractivity contribution is 5.91. The molecule has 7 heteroatoms. The summed E-state index contributed by atoms with van der Waals surface area (Å²) in [7, 11) is 0. The van der Waals surface area contributed by atoms with Crippen LogP contribution in [-0.2, 0) is 24.3 Å². The Labute approximate surface area is 185 Å². The van der Waals surface area contributed by atoms with Crippen molar-refractivity contribution in [1.29, 1.82) is 0 Å². The standard InChI is InChI=1S/C25H24N4O3/c1-17-13-18(2)15-20(14-17)27-22(30)16-29-21-9-6-11-26-23(21)24(31)28(25(29)32)12-10-19-7-4-3-5-8-19/h3-9,11,13-15H,10,12,16H2,1-2H3,(H,27,30). The number of pyridine rings is 1. The van der Waals surface area contributed by atoms with Crippen LogP contribution in [-0.4, -0.2) is 20.0 Å². The average Bonchev–Trinajstić information content (AvgIpc) is 2.76. The summed E-state index contributed by atoms with van der Waals surface area (Å²) in [4.78, 5) is 43.2. The predicted octanol–water partition coefficient (Wildman–Crippen LogP) is 3.06. The molecule has 4 rings (SSSR count). The Morgan fingerprint density at radius 3 is 2.38 bits per heavy atom. The molecule has 1 amide bonds. The van der Waals surface area contributed by atoms with Crippen molar-refractivity contribution in [3.05, 3.63) is 104 Å². The summed E-state index contributed by atoms with van der Waals surface area (Å²) in [6.07, 6.45) is 2.03. The van der Waals surface area contributed by atoms with Crippen molar-refractivity contribution in [3.8, 4) is 0 Å². The van der Waals surface area contributed by atoms with E-state index in [0.29, 0.717) is 17.6 Å². The highest BCUT2D eigenvalue weighted by Gasteiger charge is 2.16. The molecule has 0 fully saturated rings. The van der Waals surface area contributed by atoms with Crippen LogP contribution in [0, 0.1) is 13.8 Å². The smallest absolute Gasteiger partial charge is 0.325 e. The van der Waals surface area contributed by atoms with Gasteiger partial charge in [-0.25, -0.2) is 9.78 Å². The Hall–Kier alpha value is -4.00. The van der Waals surface area contributed by atoms with Gasteiger partial charge in [-0.15, -0.1) is 0 Å². The first-order valence-electron chi connectivity index (χ1n) is 10.4. The van der Waals surface area contributed by atoms with E-state index in [4.69, 9.17) is 0 Å². The third kappa shape index (κ3) is 4.51. The van der Waals surface area contributed by atoms with E-state index < -0.39 is 11.2 Å².